The van der Waals surface area contributed by atoms with Crippen molar-refractivity contribution in [3.63, 3.8) is 0 Å². The van der Waals surface area contributed by atoms with E-state index in [0.29, 0.717) is 6.54 Å². The highest BCUT2D eigenvalue weighted by molar-refractivity contribution is 5.89. The van der Waals surface area contributed by atoms with Crippen LogP contribution in [0.15, 0.2) is 6.20 Å². The second kappa shape index (κ2) is 4.79. The molecule has 6 heteroatoms. The molecule has 1 rings (SSSR count). The predicted molar refractivity (Wildman–Crippen MR) is 54.3 cm³/mol. The third-order valence-electron chi connectivity index (χ3n) is 1.93. The second-order valence-electron chi connectivity index (χ2n) is 3.42. The monoisotopic (exact) mass is 213 g/mol. The van der Waals surface area contributed by atoms with Gasteiger partial charge in [0.05, 0.1) is 13.7 Å². The van der Waals surface area contributed by atoms with Gasteiger partial charge in [-0.2, -0.15) is 0 Å². The van der Waals surface area contributed by atoms with E-state index in [2.05, 4.69) is 5.10 Å². The van der Waals surface area contributed by atoms with Gasteiger partial charge in [-0.25, -0.2) is 4.79 Å². The number of carboxylic acids is 1. The van der Waals surface area contributed by atoms with Crippen molar-refractivity contribution < 1.29 is 14.6 Å². The van der Waals surface area contributed by atoms with Crippen LogP contribution >= 0.6 is 0 Å². The van der Waals surface area contributed by atoms with Crippen molar-refractivity contribution in [1.29, 1.82) is 0 Å². The summed E-state index contributed by atoms with van der Waals surface area (Å²) in [6.07, 6.45) is 1.48. The van der Waals surface area contributed by atoms with E-state index in [1.54, 1.807) is 4.68 Å². The van der Waals surface area contributed by atoms with E-state index in [-0.39, 0.29) is 11.4 Å². The van der Waals surface area contributed by atoms with E-state index in [4.69, 9.17) is 9.84 Å². The third kappa shape index (κ3) is 2.95. The Labute approximate surface area is 88.1 Å². The zero-order valence-corrected chi connectivity index (χ0v) is 9.10. The normalized spacial score (nSPS) is 10.7. The summed E-state index contributed by atoms with van der Waals surface area (Å²) in [5, 5.41) is 12.9. The number of aromatic nitrogens is 2. The molecule has 0 aliphatic carbocycles. The number of methoxy groups -OCH3 is 1. The number of rotatable bonds is 5. The minimum Gasteiger partial charge on any atom is -0.479 e. The molecule has 0 saturated carbocycles. The van der Waals surface area contributed by atoms with Crippen LogP contribution in [0.3, 0.4) is 0 Å². The summed E-state index contributed by atoms with van der Waals surface area (Å²) in [7, 11) is 5.29. The van der Waals surface area contributed by atoms with Gasteiger partial charge in [0.25, 0.3) is 0 Å². The van der Waals surface area contributed by atoms with Gasteiger partial charge in [0.15, 0.2) is 0 Å². The lowest BCUT2D eigenvalue weighted by Gasteiger charge is -2.08. The fourth-order valence-electron chi connectivity index (χ4n) is 1.12. The fraction of sp³-hybridized carbons (Fsp3) is 0.556. The molecule has 1 aromatic rings. The Morgan fingerprint density at radius 1 is 1.67 bits per heavy atom. The van der Waals surface area contributed by atoms with Crippen LogP contribution in [0.5, 0.6) is 5.88 Å². The molecule has 0 unspecified atom stereocenters. The van der Waals surface area contributed by atoms with Crippen molar-refractivity contribution in [3.05, 3.63) is 11.8 Å². The van der Waals surface area contributed by atoms with Crippen molar-refractivity contribution in [2.75, 3.05) is 27.7 Å². The number of hydrogen-bond acceptors (Lipinski definition) is 4. The number of ether oxygens (including phenoxy) is 1. The second-order valence-corrected chi connectivity index (χ2v) is 3.42. The summed E-state index contributed by atoms with van der Waals surface area (Å²) in [6, 6.07) is 0. The third-order valence-corrected chi connectivity index (χ3v) is 1.93. The van der Waals surface area contributed by atoms with Gasteiger partial charge in [-0.05, 0) is 14.1 Å². The Morgan fingerprint density at radius 2 is 2.33 bits per heavy atom. The number of carboxylic acid groups (broad SMARTS) is 1. The maximum Gasteiger partial charge on any atom is 0.342 e. The van der Waals surface area contributed by atoms with Crippen molar-refractivity contribution in [1.82, 2.24) is 14.7 Å². The molecule has 0 saturated heterocycles. The van der Waals surface area contributed by atoms with Crippen LogP contribution < -0.4 is 4.74 Å². The highest BCUT2D eigenvalue weighted by Gasteiger charge is 2.15. The first kappa shape index (κ1) is 11.5. The van der Waals surface area contributed by atoms with Gasteiger partial charge in [-0.1, -0.05) is 0 Å². The Morgan fingerprint density at radius 3 is 2.73 bits per heavy atom. The molecule has 1 aromatic heterocycles. The van der Waals surface area contributed by atoms with Crippen LogP contribution in [0.2, 0.25) is 0 Å². The van der Waals surface area contributed by atoms with Gasteiger partial charge in [-0.3, -0.25) is 4.68 Å². The molecule has 0 atom stereocenters. The molecule has 1 N–H and O–H groups in total. The van der Waals surface area contributed by atoms with Gasteiger partial charge in [0.1, 0.15) is 5.56 Å². The van der Waals surface area contributed by atoms with E-state index in [9.17, 15) is 4.79 Å². The lowest BCUT2D eigenvalue weighted by molar-refractivity contribution is 0.0693. The summed E-state index contributed by atoms with van der Waals surface area (Å²) in [5.74, 6) is -0.871. The first-order chi connectivity index (χ1) is 7.04. The summed E-state index contributed by atoms with van der Waals surface area (Å²) >= 11 is 0. The summed E-state index contributed by atoms with van der Waals surface area (Å²) in [5.41, 5.74) is 0.0938. The molecular weight excluding hydrogens is 198 g/mol. The molecule has 0 radical (unpaired) electrons. The number of nitrogens with zero attached hydrogens (tertiary/aromatic N) is 3. The number of carbonyl (C=O) groups is 1. The predicted octanol–water partition coefficient (Wildman–Crippen LogP) is 0.151. The Kier molecular flexibility index (Phi) is 3.68. The highest BCUT2D eigenvalue weighted by Crippen LogP contribution is 2.14. The number of aromatic carboxylic acids is 1. The minimum atomic E-state index is -1.03. The molecule has 84 valence electrons. The molecule has 1 heterocycles. The van der Waals surface area contributed by atoms with Gasteiger partial charge in [0.2, 0.25) is 5.88 Å². The first-order valence-electron chi connectivity index (χ1n) is 4.54. The van der Waals surface area contributed by atoms with Crippen LogP contribution in [0.1, 0.15) is 10.4 Å². The maximum atomic E-state index is 10.8. The summed E-state index contributed by atoms with van der Waals surface area (Å²) in [6.45, 7) is 1.43. The standard InChI is InChI=1S/C9H15N3O3/c1-11(2)4-5-12-6-7(9(13)14)8(10-12)15-3/h6H,4-5H2,1-3H3,(H,13,14). The lowest BCUT2D eigenvalue weighted by Crippen LogP contribution is -2.18. The molecule has 0 amide bonds. The number of likely N-dealkylation sites (N-methyl/N-ethyl adjacent to an activating group) is 1. The fourth-order valence-corrected chi connectivity index (χ4v) is 1.12. The summed E-state index contributed by atoms with van der Waals surface area (Å²) in [4.78, 5) is 12.8. The highest BCUT2D eigenvalue weighted by atomic mass is 16.5. The van der Waals surface area contributed by atoms with Crippen LogP contribution in [0.25, 0.3) is 0 Å². The van der Waals surface area contributed by atoms with Crippen LogP contribution in [0.4, 0.5) is 0 Å². The van der Waals surface area contributed by atoms with Crippen LogP contribution in [-0.4, -0.2) is 53.5 Å². The quantitative estimate of drug-likeness (QED) is 0.754. The number of hydrogen-bond donors (Lipinski definition) is 1. The van der Waals surface area contributed by atoms with E-state index in [1.165, 1.54) is 13.3 Å². The van der Waals surface area contributed by atoms with E-state index < -0.39 is 5.97 Å². The van der Waals surface area contributed by atoms with E-state index in [1.807, 2.05) is 19.0 Å². The SMILES string of the molecule is COc1nn(CCN(C)C)cc1C(=O)O. The molecular formula is C9H15N3O3. The molecule has 0 bridgehead atoms. The Balaban J connectivity index is 2.78. The average molecular weight is 213 g/mol. The molecule has 0 aromatic carbocycles. The molecule has 6 nitrogen and oxygen atoms in total. The Hall–Kier alpha value is -1.56. The van der Waals surface area contributed by atoms with Gasteiger partial charge >= 0.3 is 5.97 Å². The topological polar surface area (TPSA) is 67.6 Å². The van der Waals surface area contributed by atoms with Crippen LogP contribution in [-0.2, 0) is 6.54 Å². The molecule has 0 fully saturated rings. The first-order valence-corrected chi connectivity index (χ1v) is 4.54. The lowest BCUT2D eigenvalue weighted by atomic mass is 10.3. The van der Waals surface area contributed by atoms with Gasteiger partial charge in [-0.15, -0.1) is 5.10 Å². The largest absolute Gasteiger partial charge is 0.479 e. The van der Waals surface area contributed by atoms with Crippen molar-refractivity contribution in [2.45, 2.75) is 6.54 Å². The molecule has 0 aliphatic heterocycles. The van der Waals surface area contributed by atoms with E-state index >= 15 is 0 Å². The molecule has 0 spiro atoms. The van der Waals surface area contributed by atoms with Crippen molar-refractivity contribution in [3.8, 4) is 5.88 Å². The smallest absolute Gasteiger partial charge is 0.342 e. The minimum absolute atomic E-state index is 0.0938. The zero-order valence-electron chi connectivity index (χ0n) is 9.10. The average Bonchev–Trinajstić information content (AvgIpc) is 2.57. The molecule has 15 heavy (non-hydrogen) atoms. The zero-order chi connectivity index (χ0) is 11.4. The Bertz CT molecular complexity index is 346. The van der Waals surface area contributed by atoms with E-state index in [0.717, 1.165) is 6.54 Å². The van der Waals surface area contributed by atoms with Crippen LogP contribution in [0, 0.1) is 0 Å². The summed E-state index contributed by atoms with van der Waals surface area (Å²) < 4.78 is 6.44. The van der Waals surface area contributed by atoms with Crippen molar-refractivity contribution >= 4 is 5.97 Å². The van der Waals surface area contributed by atoms with Gasteiger partial charge < -0.3 is 14.7 Å². The molecule has 0 aliphatic rings. The van der Waals surface area contributed by atoms with Crippen molar-refractivity contribution in [2.24, 2.45) is 0 Å². The maximum absolute atomic E-state index is 10.8. The van der Waals surface area contributed by atoms with Gasteiger partial charge in [0, 0.05) is 12.7 Å².